The lowest BCUT2D eigenvalue weighted by molar-refractivity contribution is -0.120. The SMILES string of the molecule is O=Cc1ccc(N2CCC(=O)NC2=O)c2cncnc12. The lowest BCUT2D eigenvalue weighted by Gasteiger charge is -2.27. The van der Waals surface area contributed by atoms with E-state index in [1.165, 1.54) is 11.2 Å². The Morgan fingerprint density at radius 1 is 1.30 bits per heavy atom. The number of imide groups is 1. The van der Waals surface area contributed by atoms with E-state index in [9.17, 15) is 14.4 Å². The standard InChI is InChI=1S/C13H10N4O3/c18-6-8-1-2-10(9-5-14-7-15-12(8)9)17-4-3-11(19)16-13(17)20/h1-2,5-7H,3-4H2,(H,16,19,20). The van der Waals surface area contributed by atoms with E-state index in [0.29, 0.717) is 28.4 Å². The third-order valence-electron chi connectivity index (χ3n) is 3.15. The zero-order valence-electron chi connectivity index (χ0n) is 10.4. The molecule has 1 aliphatic heterocycles. The second kappa shape index (κ2) is 4.69. The van der Waals surface area contributed by atoms with Gasteiger partial charge in [0.15, 0.2) is 6.29 Å². The average Bonchev–Trinajstić information content (AvgIpc) is 2.47. The van der Waals surface area contributed by atoms with Crippen LogP contribution in [0.2, 0.25) is 0 Å². The largest absolute Gasteiger partial charge is 0.328 e. The summed E-state index contributed by atoms with van der Waals surface area (Å²) in [7, 11) is 0. The molecule has 100 valence electrons. The second-order valence-electron chi connectivity index (χ2n) is 4.33. The highest BCUT2D eigenvalue weighted by atomic mass is 16.2. The molecule has 7 heteroatoms. The summed E-state index contributed by atoms with van der Waals surface area (Å²) in [4.78, 5) is 43.5. The maximum atomic E-state index is 11.9. The average molecular weight is 270 g/mol. The minimum atomic E-state index is -0.481. The Hall–Kier alpha value is -2.83. The smallest absolute Gasteiger partial charge is 0.298 e. The zero-order valence-corrected chi connectivity index (χ0v) is 10.4. The lowest BCUT2D eigenvalue weighted by Crippen LogP contribution is -2.49. The number of anilines is 1. The van der Waals surface area contributed by atoms with Gasteiger partial charge in [0.1, 0.15) is 6.33 Å². The fourth-order valence-electron chi connectivity index (χ4n) is 2.21. The van der Waals surface area contributed by atoms with E-state index in [1.807, 2.05) is 0 Å². The third-order valence-corrected chi connectivity index (χ3v) is 3.15. The summed E-state index contributed by atoms with van der Waals surface area (Å²) in [5.74, 6) is -0.295. The van der Waals surface area contributed by atoms with Crippen LogP contribution in [0.15, 0.2) is 24.7 Å². The number of amides is 3. The van der Waals surface area contributed by atoms with Crippen molar-refractivity contribution < 1.29 is 14.4 Å². The molecule has 1 saturated heterocycles. The van der Waals surface area contributed by atoms with E-state index >= 15 is 0 Å². The van der Waals surface area contributed by atoms with Gasteiger partial charge in [-0.2, -0.15) is 0 Å². The first-order valence-electron chi connectivity index (χ1n) is 6.00. The Bertz CT molecular complexity index is 729. The molecule has 0 unspecified atom stereocenters. The van der Waals surface area contributed by atoms with Gasteiger partial charge < -0.3 is 0 Å². The normalized spacial score (nSPS) is 15.3. The Morgan fingerprint density at radius 2 is 2.15 bits per heavy atom. The number of hydrogen-bond donors (Lipinski definition) is 1. The van der Waals surface area contributed by atoms with Gasteiger partial charge in [-0.25, -0.2) is 14.8 Å². The van der Waals surface area contributed by atoms with Crippen molar-refractivity contribution in [3.63, 3.8) is 0 Å². The molecule has 20 heavy (non-hydrogen) atoms. The van der Waals surface area contributed by atoms with E-state index in [0.717, 1.165) is 0 Å². The van der Waals surface area contributed by atoms with Gasteiger partial charge in [0, 0.05) is 30.1 Å². The highest BCUT2D eigenvalue weighted by Crippen LogP contribution is 2.28. The Balaban J connectivity index is 2.15. The van der Waals surface area contributed by atoms with Gasteiger partial charge >= 0.3 is 6.03 Å². The summed E-state index contributed by atoms with van der Waals surface area (Å²) in [6, 6.07) is 2.77. The Kier molecular flexibility index (Phi) is 2.86. The molecule has 1 N–H and O–H groups in total. The molecular weight excluding hydrogens is 260 g/mol. The summed E-state index contributed by atoms with van der Waals surface area (Å²) in [5, 5.41) is 2.86. The summed E-state index contributed by atoms with van der Waals surface area (Å²) < 4.78 is 0. The first-order valence-corrected chi connectivity index (χ1v) is 6.00. The molecular formula is C13H10N4O3. The molecule has 0 atom stereocenters. The Labute approximate surface area is 113 Å². The highest BCUT2D eigenvalue weighted by molar-refractivity contribution is 6.11. The van der Waals surface area contributed by atoms with Gasteiger partial charge in [-0.15, -0.1) is 0 Å². The molecule has 0 spiro atoms. The summed E-state index contributed by atoms with van der Waals surface area (Å²) >= 11 is 0. The number of aromatic nitrogens is 2. The number of nitrogens with one attached hydrogen (secondary N) is 1. The Morgan fingerprint density at radius 3 is 2.90 bits per heavy atom. The zero-order chi connectivity index (χ0) is 14.1. The van der Waals surface area contributed by atoms with Gasteiger partial charge in [0.2, 0.25) is 5.91 Å². The van der Waals surface area contributed by atoms with E-state index in [1.54, 1.807) is 18.3 Å². The molecule has 2 aromatic rings. The van der Waals surface area contributed by atoms with E-state index < -0.39 is 6.03 Å². The number of urea groups is 1. The van der Waals surface area contributed by atoms with Crippen molar-refractivity contribution in [2.24, 2.45) is 0 Å². The molecule has 1 aromatic carbocycles. The molecule has 3 amide bonds. The fourth-order valence-corrected chi connectivity index (χ4v) is 2.21. The number of carbonyl (C=O) groups is 3. The van der Waals surface area contributed by atoms with Crippen LogP contribution >= 0.6 is 0 Å². The van der Waals surface area contributed by atoms with Gasteiger partial charge in [0.25, 0.3) is 0 Å². The molecule has 1 fully saturated rings. The van der Waals surface area contributed by atoms with Gasteiger partial charge in [-0.05, 0) is 12.1 Å². The lowest BCUT2D eigenvalue weighted by atomic mass is 10.1. The van der Waals surface area contributed by atoms with E-state index in [4.69, 9.17) is 0 Å². The van der Waals surface area contributed by atoms with Crippen LogP contribution in [0, 0.1) is 0 Å². The number of fused-ring (bicyclic) bond motifs is 1. The van der Waals surface area contributed by atoms with Crippen LogP contribution in [0.5, 0.6) is 0 Å². The number of rotatable bonds is 2. The summed E-state index contributed by atoms with van der Waals surface area (Å²) in [6.45, 7) is 0.287. The maximum Gasteiger partial charge on any atom is 0.328 e. The van der Waals surface area contributed by atoms with E-state index in [-0.39, 0.29) is 18.9 Å². The van der Waals surface area contributed by atoms with Crippen molar-refractivity contribution in [2.45, 2.75) is 6.42 Å². The topological polar surface area (TPSA) is 92.3 Å². The molecule has 7 nitrogen and oxygen atoms in total. The van der Waals surface area contributed by atoms with Gasteiger partial charge in [0.05, 0.1) is 11.2 Å². The maximum absolute atomic E-state index is 11.9. The summed E-state index contributed by atoms with van der Waals surface area (Å²) in [6.07, 6.45) is 3.84. The van der Waals surface area contributed by atoms with Gasteiger partial charge in [-0.3, -0.25) is 19.8 Å². The van der Waals surface area contributed by atoms with Crippen molar-refractivity contribution >= 4 is 34.8 Å². The molecule has 1 aromatic heterocycles. The van der Waals surface area contributed by atoms with Crippen LogP contribution in [0.4, 0.5) is 10.5 Å². The van der Waals surface area contributed by atoms with Crippen LogP contribution in [-0.2, 0) is 4.79 Å². The molecule has 0 bridgehead atoms. The molecule has 0 aliphatic carbocycles. The number of aldehydes is 1. The van der Waals surface area contributed by atoms with Crippen molar-refractivity contribution in [3.05, 3.63) is 30.2 Å². The van der Waals surface area contributed by atoms with Crippen LogP contribution in [0.25, 0.3) is 10.9 Å². The molecule has 0 saturated carbocycles. The molecule has 3 rings (SSSR count). The van der Waals surface area contributed by atoms with Crippen molar-refractivity contribution in [1.29, 1.82) is 0 Å². The molecule has 2 heterocycles. The van der Waals surface area contributed by atoms with Crippen LogP contribution in [-0.4, -0.2) is 34.7 Å². The first-order chi connectivity index (χ1) is 9.70. The predicted molar refractivity (Wildman–Crippen MR) is 70.4 cm³/mol. The molecule has 0 radical (unpaired) electrons. The van der Waals surface area contributed by atoms with Gasteiger partial charge in [-0.1, -0.05) is 0 Å². The van der Waals surface area contributed by atoms with Crippen LogP contribution < -0.4 is 10.2 Å². The number of nitrogens with zero attached hydrogens (tertiary/aromatic N) is 3. The number of carbonyl (C=O) groups excluding carboxylic acids is 3. The van der Waals surface area contributed by atoms with Crippen molar-refractivity contribution in [1.82, 2.24) is 15.3 Å². The van der Waals surface area contributed by atoms with Crippen molar-refractivity contribution in [3.8, 4) is 0 Å². The third kappa shape index (κ3) is 1.89. The summed E-state index contributed by atoms with van der Waals surface area (Å²) in [5.41, 5.74) is 1.49. The monoisotopic (exact) mass is 270 g/mol. The van der Waals surface area contributed by atoms with Crippen LogP contribution in [0.3, 0.4) is 0 Å². The predicted octanol–water partition coefficient (Wildman–Crippen LogP) is 0.889. The minimum Gasteiger partial charge on any atom is -0.298 e. The quantitative estimate of drug-likeness (QED) is 0.818. The second-order valence-corrected chi connectivity index (χ2v) is 4.33. The van der Waals surface area contributed by atoms with E-state index in [2.05, 4.69) is 15.3 Å². The highest BCUT2D eigenvalue weighted by Gasteiger charge is 2.26. The first kappa shape index (κ1) is 12.2. The van der Waals surface area contributed by atoms with Crippen molar-refractivity contribution in [2.75, 3.05) is 11.4 Å². The minimum absolute atomic E-state index is 0.232. The number of benzene rings is 1. The van der Waals surface area contributed by atoms with Crippen LogP contribution in [0.1, 0.15) is 16.8 Å². The number of hydrogen-bond acceptors (Lipinski definition) is 5. The fraction of sp³-hybridized carbons (Fsp3) is 0.154. The molecule has 1 aliphatic rings.